The molecule has 0 bridgehead atoms. The van der Waals surface area contributed by atoms with Crippen molar-refractivity contribution >= 4 is 0 Å². The Morgan fingerprint density at radius 3 is 1.57 bits per heavy atom. The molecule has 41 atom stereocenters. The van der Waals surface area contributed by atoms with E-state index in [1.54, 1.807) is 0 Å². The predicted molar refractivity (Wildman–Crippen MR) is 306 cm³/mol. The molecule has 0 radical (unpaired) electrons. The average Bonchev–Trinajstić information content (AvgIpc) is 1.58. The molecule has 0 aromatic carbocycles. The fraction of sp³-hybridized carbons (Fsp3) is 1.00. The molecule has 0 unspecified atom stereocenters. The van der Waals surface area contributed by atoms with Gasteiger partial charge >= 0.3 is 0 Å². The molecule has 8 saturated heterocycles. The second-order valence-electron chi connectivity index (χ2n) is 29.5. The van der Waals surface area contributed by atoms with Gasteiger partial charge in [0.15, 0.2) is 43.5 Å². The lowest BCUT2D eigenvalue weighted by molar-refractivity contribution is -0.413. The van der Waals surface area contributed by atoms with E-state index >= 15 is 0 Å². The van der Waals surface area contributed by atoms with Crippen LogP contribution in [0.15, 0.2) is 0 Å². The number of ether oxygens (including phenoxy) is 14. The molecular weight excluding hydrogens is 1240 g/mol. The van der Waals surface area contributed by atoms with Crippen LogP contribution in [-0.2, 0) is 66.3 Å². The first-order valence-corrected chi connectivity index (χ1v) is 33.6. The zero-order chi connectivity index (χ0) is 66.7. The summed E-state index contributed by atoms with van der Waals surface area (Å²) < 4.78 is 85.6. The van der Waals surface area contributed by atoms with Gasteiger partial charge < -0.3 is 153 Å². The molecule has 4 saturated carbocycles. The number of fused-ring (bicyclic) bond motifs is 7. The van der Waals surface area contributed by atoms with Crippen LogP contribution in [-0.4, -0.2) is 323 Å². The molecule has 93 heavy (non-hydrogen) atoms. The third-order valence-electron chi connectivity index (χ3n) is 24.2. The van der Waals surface area contributed by atoms with Crippen LogP contribution in [0.4, 0.5) is 0 Å². The zero-order valence-electron chi connectivity index (χ0n) is 53.1. The van der Waals surface area contributed by atoms with Crippen LogP contribution < -0.4 is 0 Å². The van der Waals surface area contributed by atoms with Crippen molar-refractivity contribution in [3.05, 3.63) is 0 Å². The van der Waals surface area contributed by atoms with Crippen molar-refractivity contribution in [1.82, 2.24) is 0 Å². The molecule has 17 N–H and O–H groups in total. The fourth-order valence-corrected chi connectivity index (χ4v) is 18.8. The minimum absolute atomic E-state index is 0.0194. The van der Waals surface area contributed by atoms with Crippen LogP contribution in [0.3, 0.4) is 0 Å². The normalized spacial score (nSPS) is 57.5. The van der Waals surface area contributed by atoms with Gasteiger partial charge in [-0.3, -0.25) is 0 Å². The van der Waals surface area contributed by atoms with E-state index in [2.05, 4.69) is 27.7 Å². The van der Waals surface area contributed by atoms with Crippen molar-refractivity contribution in [2.24, 2.45) is 52.3 Å². The Kier molecular flexibility index (Phi) is 21.8. The molecule has 12 fully saturated rings. The maximum Gasteiger partial charge on any atom is 0.187 e. The van der Waals surface area contributed by atoms with Crippen LogP contribution >= 0.6 is 0 Å². The topological polar surface area (TPSA) is 473 Å². The van der Waals surface area contributed by atoms with E-state index < -0.39 is 223 Å². The molecule has 0 aromatic rings. The summed E-state index contributed by atoms with van der Waals surface area (Å²) in [5.74, 6) is 2.66. The molecule has 536 valence electrons. The lowest BCUT2D eigenvalue weighted by Gasteiger charge is -2.61. The second kappa shape index (κ2) is 28.3. The van der Waals surface area contributed by atoms with Gasteiger partial charge in [0, 0.05) is 12.3 Å². The minimum Gasteiger partial charge on any atom is -0.394 e. The van der Waals surface area contributed by atoms with E-state index in [1.807, 2.05) is 0 Å². The molecule has 0 aromatic heterocycles. The quantitative estimate of drug-likeness (QED) is 0.0641. The first-order chi connectivity index (χ1) is 44.2. The molecule has 0 amide bonds. The molecule has 1 spiro atoms. The maximum atomic E-state index is 12.1. The number of rotatable bonds is 16. The molecule has 8 aliphatic heterocycles. The van der Waals surface area contributed by atoms with Crippen molar-refractivity contribution in [1.29, 1.82) is 0 Å². The SMILES string of the molecule is C[C@@H]1CC[C@@]2(OC1)O[C@@H]1C[C@H]3[C@@H]4CC[C@H]5C[C@H](O[C@H]6O[C@@H](CO)[C@H](O[C@H]7O[C@@H](CO)[C@H](O)[C@@H](O[C@H]8O[C@@H](CO)[C@H](O)[C@@H](O[C@H]9OC[C@H](O)[C@@H](O)[C@@H]9O)[C@@H]8O)[C@@H]7O[C@H]7O[C@@H](CO)[C@H](O[C@H]8O[C@@H](C)[C@H](O)[C@@H](O)[C@@H]8O)[C@@H](O)[C@@H]7O)[C@@H](O)[C@@H]6O)CC[C@@]5(C)[C@H]4CC[C@@]3(C)[C@@H]1[C@H]2C. The van der Waals surface area contributed by atoms with Crippen molar-refractivity contribution in [3.8, 4) is 0 Å². The van der Waals surface area contributed by atoms with E-state index in [9.17, 15) is 86.8 Å². The van der Waals surface area contributed by atoms with Crippen molar-refractivity contribution < 1.29 is 153 Å². The van der Waals surface area contributed by atoms with E-state index in [0.29, 0.717) is 48.3 Å². The fourth-order valence-electron chi connectivity index (χ4n) is 18.8. The lowest BCUT2D eigenvalue weighted by Crippen LogP contribution is -2.69. The summed E-state index contributed by atoms with van der Waals surface area (Å²) in [5.41, 5.74) is 0.169. The Balaban J connectivity index is 0.757. The van der Waals surface area contributed by atoms with Crippen LogP contribution in [0.5, 0.6) is 0 Å². The van der Waals surface area contributed by atoms with Crippen LogP contribution in [0, 0.1) is 52.3 Å². The summed E-state index contributed by atoms with van der Waals surface area (Å²) in [5, 5.41) is 188. The average molecular weight is 1340 g/mol. The number of hydrogen-bond acceptors (Lipinski definition) is 31. The number of aliphatic hydroxyl groups excluding tert-OH is 17. The summed E-state index contributed by atoms with van der Waals surface area (Å²) in [7, 11) is 0. The van der Waals surface area contributed by atoms with E-state index in [0.717, 1.165) is 58.0 Å². The standard InChI is InChI=1S/C62H102O31/c1-22-8-13-62(81-20-22)23(2)36-31(93-62)15-29-27-7-6-25-14-26(9-11-60(25,4)28(27)10-12-61(29,36)5)83-56-46(77)42(73)50(35(19-66)86-56)89-59-53(92-57-47(78)43(74)49(34(18-65)87-57)88-55-45(76)41(72)37(68)24(3)82-55)52(40(71)33(17-64)85-59)91-58-48(79)51(39(70)32(16-63)84-58)90-54-44(75)38(69)30(67)21-80-54/h22-59,63-79H,6-21H2,1-5H3/t22-,23-,24+,25+,26-,27-,28+,29+,30+,31-,32+,33+,34+,35+,36-,37+,38-,39+,40+,41-,42+,43+,44+,45+,46+,47+,48+,49+,50+,51-,52-,53+,54-,55-,56+,57-,58-,59-,60-,61-,62-/m1/s1. The highest BCUT2D eigenvalue weighted by molar-refractivity contribution is 5.16. The molecule has 4 aliphatic carbocycles. The van der Waals surface area contributed by atoms with Gasteiger partial charge in [0.2, 0.25) is 0 Å². The second-order valence-corrected chi connectivity index (χ2v) is 29.5. The van der Waals surface area contributed by atoms with E-state index in [1.165, 1.54) is 6.92 Å². The molecule has 31 heteroatoms. The van der Waals surface area contributed by atoms with Crippen LogP contribution in [0.1, 0.15) is 98.8 Å². The Morgan fingerprint density at radius 2 is 0.935 bits per heavy atom. The smallest absolute Gasteiger partial charge is 0.187 e. The molecule has 8 heterocycles. The largest absolute Gasteiger partial charge is 0.394 e. The van der Waals surface area contributed by atoms with E-state index in [-0.39, 0.29) is 22.9 Å². The van der Waals surface area contributed by atoms with Gasteiger partial charge in [-0.25, -0.2) is 0 Å². The van der Waals surface area contributed by atoms with Gasteiger partial charge in [-0.1, -0.05) is 27.7 Å². The third kappa shape index (κ3) is 12.9. The summed E-state index contributed by atoms with van der Waals surface area (Å²) in [4.78, 5) is 0. The lowest BCUT2D eigenvalue weighted by atomic mass is 9.44. The first kappa shape index (κ1) is 71.6. The van der Waals surface area contributed by atoms with Crippen LogP contribution in [0.25, 0.3) is 0 Å². The highest BCUT2D eigenvalue weighted by Crippen LogP contribution is 2.71. The Labute approximate surface area is 538 Å². The van der Waals surface area contributed by atoms with Gasteiger partial charge in [-0.05, 0) is 111 Å². The highest BCUT2D eigenvalue weighted by atomic mass is 16.8. The summed E-state index contributed by atoms with van der Waals surface area (Å²) in [6, 6.07) is 0. The Hall–Kier alpha value is -1.24. The Morgan fingerprint density at radius 1 is 0.409 bits per heavy atom. The van der Waals surface area contributed by atoms with Gasteiger partial charge in [-0.2, -0.15) is 0 Å². The molecule has 12 aliphatic rings. The summed E-state index contributed by atoms with van der Waals surface area (Å²) in [6.07, 6.45) is -44.6. The Bertz CT molecular complexity index is 2450. The molecular formula is C62H102O31. The maximum absolute atomic E-state index is 12.1. The van der Waals surface area contributed by atoms with Crippen molar-refractivity contribution in [2.75, 3.05) is 39.6 Å². The van der Waals surface area contributed by atoms with Gasteiger partial charge in [0.05, 0.1) is 58.0 Å². The van der Waals surface area contributed by atoms with Crippen molar-refractivity contribution in [3.63, 3.8) is 0 Å². The van der Waals surface area contributed by atoms with E-state index in [4.69, 9.17) is 66.3 Å². The minimum atomic E-state index is -2.24. The number of hydrogen-bond donors (Lipinski definition) is 17. The summed E-state index contributed by atoms with van der Waals surface area (Å²) >= 11 is 0. The molecule has 31 nitrogen and oxygen atoms in total. The zero-order valence-corrected chi connectivity index (χ0v) is 53.1. The van der Waals surface area contributed by atoms with Gasteiger partial charge in [-0.15, -0.1) is 0 Å². The first-order valence-electron chi connectivity index (χ1n) is 33.6. The third-order valence-corrected chi connectivity index (χ3v) is 24.2. The van der Waals surface area contributed by atoms with Gasteiger partial charge in [0.1, 0.15) is 134 Å². The van der Waals surface area contributed by atoms with Gasteiger partial charge in [0.25, 0.3) is 0 Å². The summed E-state index contributed by atoms with van der Waals surface area (Å²) in [6.45, 7) is 7.18. The predicted octanol–water partition coefficient (Wildman–Crippen LogP) is -5.59. The van der Waals surface area contributed by atoms with Crippen LogP contribution in [0.2, 0.25) is 0 Å². The monoisotopic (exact) mass is 1340 g/mol. The number of aliphatic hydroxyl groups is 17. The molecule has 12 rings (SSSR count). The van der Waals surface area contributed by atoms with Crippen molar-refractivity contribution in [2.45, 2.75) is 295 Å². The highest BCUT2D eigenvalue weighted by Gasteiger charge is 2.70.